The Morgan fingerprint density at radius 3 is 1.49 bits per heavy atom. The second kappa shape index (κ2) is 10.9. The van der Waals surface area contributed by atoms with Crippen molar-refractivity contribution in [3.05, 3.63) is 182 Å². The fourth-order valence-corrected chi connectivity index (χ4v) is 8.40. The third-order valence-corrected chi connectivity index (χ3v) is 10.8. The molecule has 236 valence electrons. The van der Waals surface area contributed by atoms with Gasteiger partial charge in [-0.05, 0) is 124 Å². The van der Waals surface area contributed by atoms with Crippen LogP contribution in [0.15, 0.2) is 182 Å². The van der Waals surface area contributed by atoms with Crippen molar-refractivity contribution in [3.63, 3.8) is 0 Å². The van der Waals surface area contributed by atoms with Crippen LogP contribution in [0.1, 0.15) is 0 Å². The molecule has 10 aromatic rings. The van der Waals surface area contributed by atoms with E-state index in [1.54, 1.807) is 0 Å². The molecule has 51 heavy (non-hydrogen) atoms. The normalized spacial score (nSPS) is 12.1. The fourth-order valence-electron chi connectivity index (χ4n) is 8.40. The molecular formula is C50H30O. The summed E-state index contributed by atoms with van der Waals surface area (Å²) in [5.41, 5.74) is 11.9. The first-order chi connectivity index (χ1) is 25.3. The molecule has 1 aliphatic heterocycles. The minimum absolute atomic E-state index is 0.884. The lowest BCUT2D eigenvalue weighted by Crippen LogP contribution is -1.98. The van der Waals surface area contributed by atoms with Crippen LogP contribution in [-0.2, 0) is 0 Å². The standard InChI is InChI=1S/C50H30O/c1-3-9-31(10-4-1)37-27-38(32-11-5-2-6-12-32)29-39(28-37)36-21-23-42-45-26-25-41(43-15-8-16-46(50(43)45)51-47(42)30-36)40-22-19-35-18-17-33-13-7-14-34-20-24-44(40)49(35)48(33)34/h1-30H. The Morgan fingerprint density at radius 1 is 0.255 bits per heavy atom. The number of fused-ring (bicyclic) bond motifs is 2. The van der Waals surface area contributed by atoms with Crippen LogP contribution in [0.2, 0.25) is 0 Å². The van der Waals surface area contributed by atoms with Crippen molar-refractivity contribution in [2.45, 2.75) is 0 Å². The van der Waals surface area contributed by atoms with E-state index in [0.717, 1.165) is 28.2 Å². The molecule has 1 aliphatic rings. The van der Waals surface area contributed by atoms with E-state index in [4.69, 9.17) is 4.74 Å². The topological polar surface area (TPSA) is 9.23 Å². The van der Waals surface area contributed by atoms with Crippen LogP contribution in [0, 0.1) is 0 Å². The summed E-state index contributed by atoms with van der Waals surface area (Å²) in [6.45, 7) is 0. The molecule has 0 aromatic heterocycles. The Kier molecular flexibility index (Phi) is 6.02. The zero-order chi connectivity index (χ0) is 33.5. The summed E-state index contributed by atoms with van der Waals surface area (Å²) in [6, 6.07) is 66.2. The highest BCUT2D eigenvalue weighted by molar-refractivity contribution is 6.26. The maximum Gasteiger partial charge on any atom is 0.135 e. The Hall–Kier alpha value is -6.70. The summed E-state index contributed by atoms with van der Waals surface area (Å²) in [7, 11) is 0. The third-order valence-electron chi connectivity index (χ3n) is 10.8. The molecule has 0 amide bonds. The average molecular weight is 647 g/mol. The van der Waals surface area contributed by atoms with Crippen LogP contribution in [0.25, 0.3) is 98.7 Å². The second-order valence-corrected chi connectivity index (χ2v) is 13.7. The molecule has 0 saturated heterocycles. The SMILES string of the molecule is c1ccc(-c2cc(-c3ccccc3)cc(-c3ccc4c(c3)Oc3cccc5c(-c6ccc7ccc8cccc9ccc6c7c89)ccc-4c35)c2)cc1. The summed E-state index contributed by atoms with van der Waals surface area (Å²) in [6.07, 6.45) is 0. The first-order valence-electron chi connectivity index (χ1n) is 17.6. The minimum atomic E-state index is 0.884. The van der Waals surface area contributed by atoms with Crippen molar-refractivity contribution in [2.75, 3.05) is 0 Å². The number of rotatable bonds is 4. The van der Waals surface area contributed by atoms with Gasteiger partial charge in [-0.25, -0.2) is 0 Å². The van der Waals surface area contributed by atoms with E-state index in [1.165, 1.54) is 82.0 Å². The number of benzene rings is 10. The fraction of sp³-hybridized carbons (Fsp3) is 0. The van der Waals surface area contributed by atoms with Gasteiger partial charge >= 0.3 is 0 Å². The van der Waals surface area contributed by atoms with Crippen LogP contribution in [0.3, 0.4) is 0 Å². The third kappa shape index (κ3) is 4.35. The Morgan fingerprint density at radius 2 is 0.784 bits per heavy atom. The Labute approximate surface area is 296 Å². The van der Waals surface area contributed by atoms with Gasteiger partial charge in [-0.3, -0.25) is 0 Å². The lowest BCUT2D eigenvalue weighted by atomic mass is 9.86. The van der Waals surface area contributed by atoms with Crippen LogP contribution >= 0.6 is 0 Å². The number of hydrogen-bond donors (Lipinski definition) is 0. The predicted octanol–water partition coefficient (Wildman–Crippen LogP) is 14.2. The van der Waals surface area contributed by atoms with Crippen molar-refractivity contribution in [1.82, 2.24) is 0 Å². The molecular weight excluding hydrogens is 617 g/mol. The van der Waals surface area contributed by atoms with Crippen molar-refractivity contribution in [1.29, 1.82) is 0 Å². The van der Waals surface area contributed by atoms with E-state index >= 15 is 0 Å². The highest BCUT2D eigenvalue weighted by atomic mass is 16.5. The molecule has 11 rings (SSSR count). The van der Waals surface area contributed by atoms with E-state index in [0.29, 0.717) is 0 Å². The second-order valence-electron chi connectivity index (χ2n) is 13.7. The molecule has 0 radical (unpaired) electrons. The highest BCUT2D eigenvalue weighted by Crippen LogP contribution is 2.51. The highest BCUT2D eigenvalue weighted by Gasteiger charge is 2.23. The largest absolute Gasteiger partial charge is 0.456 e. The van der Waals surface area contributed by atoms with Gasteiger partial charge in [-0.2, -0.15) is 0 Å². The van der Waals surface area contributed by atoms with Crippen LogP contribution in [0.5, 0.6) is 11.5 Å². The molecule has 0 N–H and O–H groups in total. The van der Waals surface area contributed by atoms with Crippen LogP contribution in [-0.4, -0.2) is 0 Å². The van der Waals surface area contributed by atoms with E-state index < -0.39 is 0 Å². The summed E-state index contributed by atoms with van der Waals surface area (Å²) >= 11 is 0. The zero-order valence-corrected chi connectivity index (χ0v) is 27.7. The van der Waals surface area contributed by atoms with Crippen LogP contribution in [0.4, 0.5) is 0 Å². The van der Waals surface area contributed by atoms with Gasteiger partial charge in [-0.1, -0.05) is 146 Å². The van der Waals surface area contributed by atoms with Crippen molar-refractivity contribution < 1.29 is 4.74 Å². The number of hydrogen-bond acceptors (Lipinski definition) is 1. The molecule has 1 nitrogen and oxygen atoms in total. The summed E-state index contributed by atoms with van der Waals surface area (Å²) in [5.74, 6) is 1.78. The zero-order valence-electron chi connectivity index (χ0n) is 27.7. The molecule has 0 bridgehead atoms. The van der Waals surface area contributed by atoms with Crippen molar-refractivity contribution in [3.8, 4) is 67.1 Å². The van der Waals surface area contributed by atoms with Gasteiger partial charge in [-0.15, -0.1) is 0 Å². The van der Waals surface area contributed by atoms with Gasteiger partial charge in [0.25, 0.3) is 0 Å². The molecule has 0 unspecified atom stereocenters. The van der Waals surface area contributed by atoms with Crippen LogP contribution < -0.4 is 4.74 Å². The molecule has 10 aromatic carbocycles. The Bertz CT molecular complexity index is 2900. The molecule has 0 spiro atoms. The lowest BCUT2D eigenvalue weighted by molar-refractivity contribution is 0.487. The maximum atomic E-state index is 6.81. The van der Waals surface area contributed by atoms with Crippen molar-refractivity contribution in [2.24, 2.45) is 0 Å². The predicted molar refractivity (Wildman–Crippen MR) is 215 cm³/mol. The van der Waals surface area contributed by atoms with Gasteiger partial charge in [0.05, 0.1) is 0 Å². The van der Waals surface area contributed by atoms with Gasteiger partial charge in [0.1, 0.15) is 11.5 Å². The van der Waals surface area contributed by atoms with Gasteiger partial charge in [0, 0.05) is 10.9 Å². The van der Waals surface area contributed by atoms with Gasteiger partial charge < -0.3 is 4.74 Å². The van der Waals surface area contributed by atoms with E-state index in [1.807, 2.05) is 0 Å². The molecule has 0 fully saturated rings. The van der Waals surface area contributed by atoms with Crippen molar-refractivity contribution >= 4 is 43.1 Å². The van der Waals surface area contributed by atoms with E-state index in [-0.39, 0.29) is 0 Å². The van der Waals surface area contributed by atoms with Gasteiger partial charge in [0.15, 0.2) is 0 Å². The smallest absolute Gasteiger partial charge is 0.135 e. The molecule has 0 saturated carbocycles. The molecule has 1 heteroatoms. The quantitative estimate of drug-likeness (QED) is 0.173. The lowest BCUT2D eigenvalue weighted by Gasteiger charge is -2.24. The minimum Gasteiger partial charge on any atom is -0.456 e. The average Bonchev–Trinajstić information content (AvgIpc) is 3.20. The summed E-state index contributed by atoms with van der Waals surface area (Å²) in [5, 5.41) is 10.2. The molecule has 0 atom stereocenters. The van der Waals surface area contributed by atoms with E-state index in [2.05, 4.69) is 182 Å². The summed E-state index contributed by atoms with van der Waals surface area (Å²) < 4.78 is 6.81. The van der Waals surface area contributed by atoms with Gasteiger partial charge in [0.2, 0.25) is 0 Å². The first kappa shape index (κ1) is 28.2. The molecule has 1 heterocycles. The summed E-state index contributed by atoms with van der Waals surface area (Å²) in [4.78, 5) is 0. The Balaban J connectivity index is 1.06. The first-order valence-corrected chi connectivity index (χ1v) is 17.6. The monoisotopic (exact) mass is 646 g/mol. The van der Waals surface area contributed by atoms with E-state index in [9.17, 15) is 0 Å². The maximum absolute atomic E-state index is 6.81. The number of ether oxygens (including phenoxy) is 1. The molecule has 0 aliphatic carbocycles.